The van der Waals surface area contributed by atoms with Crippen LogP contribution < -0.4 is 14.4 Å². The molecule has 1 N–H and O–H groups in total. The Morgan fingerprint density at radius 1 is 1.21 bits per heavy atom. The zero-order valence-electron chi connectivity index (χ0n) is 16.0. The summed E-state index contributed by atoms with van der Waals surface area (Å²) in [6, 6.07) is 13.4. The molecule has 1 aliphatic heterocycles. The Morgan fingerprint density at radius 2 is 2.00 bits per heavy atom. The molecule has 2 aliphatic rings. The molecule has 1 amide bonds. The molecule has 6 nitrogen and oxygen atoms in total. The van der Waals surface area contributed by atoms with Gasteiger partial charge in [0.25, 0.3) is 5.91 Å². The maximum absolute atomic E-state index is 13.0. The molecule has 7 heteroatoms. The number of nitrogens with zero attached hydrogens (tertiary/aromatic N) is 1. The molecule has 0 saturated carbocycles. The van der Waals surface area contributed by atoms with Crippen molar-refractivity contribution in [3.05, 3.63) is 59.2 Å². The summed E-state index contributed by atoms with van der Waals surface area (Å²) in [5, 5.41) is 3.07. The fourth-order valence-corrected chi connectivity index (χ4v) is 4.89. The smallest absolute Gasteiger partial charge is 0.263 e. The van der Waals surface area contributed by atoms with Crippen molar-refractivity contribution in [1.29, 1.82) is 0 Å². The number of anilines is 1. The lowest BCUT2D eigenvalue weighted by Gasteiger charge is -2.35. The molecular weight excluding hydrogens is 376 g/mol. The minimum Gasteiger partial charge on any atom is -0.476 e. The average Bonchev–Trinajstić information content (AvgIpc) is 2.66. The first-order chi connectivity index (χ1) is 13.3. The number of carbonyl (C=O) groups excluding carboxylic acids is 1. The van der Waals surface area contributed by atoms with Crippen LogP contribution in [-0.4, -0.2) is 33.2 Å². The van der Waals surface area contributed by atoms with Crippen molar-refractivity contribution < 1.29 is 17.9 Å². The Labute approximate surface area is 165 Å². The maximum Gasteiger partial charge on any atom is 0.263 e. The Balaban J connectivity index is 1.58. The van der Waals surface area contributed by atoms with E-state index in [1.165, 1.54) is 9.87 Å². The molecule has 0 radical (unpaired) electrons. The van der Waals surface area contributed by atoms with Gasteiger partial charge in [-0.2, -0.15) is 0 Å². The summed E-state index contributed by atoms with van der Waals surface area (Å²) in [6.45, 7) is 1.86. The first-order valence-corrected chi connectivity index (χ1v) is 11.3. The lowest BCUT2D eigenvalue weighted by atomic mass is 9.87. The van der Waals surface area contributed by atoms with Crippen LogP contribution in [0.15, 0.2) is 42.5 Å². The molecular formula is C21H24N2O4S. The summed E-state index contributed by atoms with van der Waals surface area (Å²) >= 11 is 0. The van der Waals surface area contributed by atoms with Crippen LogP contribution in [0.4, 0.5) is 5.69 Å². The quantitative estimate of drug-likeness (QED) is 0.860. The molecule has 0 spiro atoms. The monoisotopic (exact) mass is 400 g/mol. The second-order valence-corrected chi connectivity index (χ2v) is 9.43. The molecule has 0 aromatic heterocycles. The Hall–Kier alpha value is -2.54. The van der Waals surface area contributed by atoms with Gasteiger partial charge in [0.2, 0.25) is 10.0 Å². The van der Waals surface area contributed by atoms with Crippen LogP contribution >= 0.6 is 0 Å². The predicted octanol–water partition coefficient (Wildman–Crippen LogP) is 2.72. The van der Waals surface area contributed by atoms with Crippen molar-refractivity contribution in [2.45, 2.75) is 38.3 Å². The molecule has 1 aliphatic carbocycles. The fraction of sp³-hybridized carbons (Fsp3) is 0.381. The molecule has 4 rings (SSSR count). The van der Waals surface area contributed by atoms with Gasteiger partial charge in [0.1, 0.15) is 5.75 Å². The first kappa shape index (κ1) is 18.8. The van der Waals surface area contributed by atoms with E-state index in [4.69, 9.17) is 4.74 Å². The Bertz CT molecular complexity index is 1020. The van der Waals surface area contributed by atoms with E-state index in [1.807, 2.05) is 31.2 Å². The highest BCUT2D eigenvalue weighted by Crippen LogP contribution is 2.36. The van der Waals surface area contributed by atoms with Crippen LogP contribution in [0.5, 0.6) is 5.75 Å². The highest BCUT2D eigenvalue weighted by atomic mass is 32.2. The number of hydrogen-bond donors (Lipinski definition) is 1. The molecule has 0 bridgehead atoms. The zero-order valence-corrected chi connectivity index (χ0v) is 16.8. The van der Waals surface area contributed by atoms with Gasteiger partial charge in [-0.3, -0.25) is 9.10 Å². The van der Waals surface area contributed by atoms with E-state index in [-0.39, 0.29) is 18.5 Å². The van der Waals surface area contributed by atoms with E-state index < -0.39 is 16.1 Å². The highest BCUT2D eigenvalue weighted by Gasteiger charge is 2.36. The van der Waals surface area contributed by atoms with Crippen molar-refractivity contribution in [3.8, 4) is 5.75 Å². The number of aryl methyl sites for hydroxylation is 2. The van der Waals surface area contributed by atoms with E-state index in [2.05, 4.69) is 11.4 Å². The number of carbonyl (C=O) groups is 1. The third-order valence-corrected chi connectivity index (χ3v) is 6.51. The highest BCUT2D eigenvalue weighted by molar-refractivity contribution is 7.92. The van der Waals surface area contributed by atoms with Crippen molar-refractivity contribution in [3.63, 3.8) is 0 Å². The van der Waals surface area contributed by atoms with Gasteiger partial charge in [-0.1, -0.05) is 30.3 Å². The van der Waals surface area contributed by atoms with Crippen LogP contribution in [0, 0.1) is 6.92 Å². The lowest BCUT2D eigenvalue weighted by molar-refractivity contribution is -0.128. The SMILES string of the molecule is Cc1ccc2c(c1)N(S(C)(=O)=O)C[C@@H](C(=O)N[C@H]1CCCc3ccccc31)O2. The van der Waals surface area contributed by atoms with Gasteiger partial charge >= 0.3 is 0 Å². The largest absolute Gasteiger partial charge is 0.476 e. The van der Waals surface area contributed by atoms with E-state index in [0.717, 1.165) is 36.6 Å². The lowest BCUT2D eigenvalue weighted by Crippen LogP contribution is -2.51. The van der Waals surface area contributed by atoms with Crippen molar-refractivity contribution in [1.82, 2.24) is 5.32 Å². The van der Waals surface area contributed by atoms with E-state index in [0.29, 0.717) is 11.4 Å². The minimum atomic E-state index is -3.53. The fourth-order valence-electron chi connectivity index (χ4n) is 3.98. The number of benzene rings is 2. The predicted molar refractivity (Wildman–Crippen MR) is 108 cm³/mol. The van der Waals surface area contributed by atoms with Crippen LogP contribution in [0.2, 0.25) is 0 Å². The number of rotatable bonds is 3. The summed E-state index contributed by atoms with van der Waals surface area (Å²) in [7, 11) is -3.53. The summed E-state index contributed by atoms with van der Waals surface area (Å²) < 4.78 is 31.8. The van der Waals surface area contributed by atoms with Crippen LogP contribution in [0.1, 0.15) is 35.6 Å². The van der Waals surface area contributed by atoms with Crippen LogP contribution in [0.3, 0.4) is 0 Å². The minimum absolute atomic E-state index is 0.0323. The standard InChI is InChI=1S/C21H24N2O4S/c1-14-10-11-19-18(12-14)23(28(2,25)26)13-20(27-19)21(24)22-17-9-5-7-15-6-3-4-8-16(15)17/h3-4,6,8,10-12,17,20H,5,7,9,13H2,1-2H3,(H,22,24)/t17-,20-/m0/s1. The zero-order chi connectivity index (χ0) is 19.9. The van der Waals surface area contributed by atoms with Crippen molar-refractivity contribution in [2.75, 3.05) is 17.1 Å². The summed E-state index contributed by atoms with van der Waals surface area (Å²) in [5.74, 6) is 0.119. The number of sulfonamides is 1. The third kappa shape index (κ3) is 3.58. The van der Waals surface area contributed by atoms with Gasteiger partial charge in [-0.15, -0.1) is 0 Å². The van der Waals surface area contributed by atoms with Gasteiger partial charge in [-0.25, -0.2) is 8.42 Å². The number of fused-ring (bicyclic) bond motifs is 2. The van der Waals surface area contributed by atoms with Crippen LogP contribution in [0.25, 0.3) is 0 Å². The molecule has 0 unspecified atom stereocenters. The second-order valence-electron chi connectivity index (χ2n) is 7.52. The van der Waals surface area contributed by atoms with Crippen molar-refractivity contribution in [2.24, 2.45) is 0 Å². The molecule has 0 fully saturated rings. The number of nitrogens with one attached hydrogen (secondary N) is 1. The maximum atomic E-state index is 13.0. The topological polar surface area (TPSA) is 75.7 Å². The van der Waals surface area contributed by atoms with E-state index in [9.17, 15) is 13.2 Å². The molecule has 28 heavy (non-hydrogen) atoms. The average molecular weight is 401 g/mol. The number of amides is 1. The molecule has 148 valence electrons. The second kappa shape index (κ2) is 7.13. The molecule has 1 heterocycles. The summed E-state index contributed by atoms with van der Waals surface area (Å²) in [6.07, 6.45) is 3.14. The van der Waals surface area contributed by atoms with Gasteiger partial charge in [0.15, 0.2) is 6.10 Å². The van der Waals surface area contributed by atoms with Gasteiger partial charge in [0, 0.05) is 0 Å². The normalized spacial score (nSPS) is 21.3. The van der Waals surface area contributed by atoms with Gasteiger partial charge in [-0.05, 0) is 55.0 Å². The molecule has 2 atom stereocenters. The Kier molecular flexibility index (Phi) is 4.79. The van der Waals surface area contributed by atoms with Gasteiger partial charge in [0.05, 0.1) is 24.5 Å². The van der Waals surface area contributed by atoms with E-state index in [1.54, 1.807) is 12.1 Å². The molecule has 0 saturated heterocycles. The summed E-state index contributed by atoms with van der Waals surface area (Å²) in [4.78, 5) is 13.0. The van der Waals surface area contributed by atoms with Crippen LogP contribution in [-0.2, 0) is 21.2 Å². The first-order valence-electron chi connectivity index (χ1n) is 9.46. The van der Waals surface area contributed by atoms with Crippen molar-refractivity contribution >= 4 is 21.6 Å². The summed E-state index contributed by atoms with van der Waals surface area (Å²) in [5.41, 5.74) is 3.79. The molecule has 2 aromatic rings. The van der Waals surface area contributed by atoms with Gasteiger partial charge < -0.3 is 10.1 Å². The molecule has 2 aromatic carbocycles. The number of ether oxygens (including phenoxy) is 1. The number of hydrogen-bond acceptors (Lipinski definition) is 4. The third-order valence-electron chi connectivity index (χ3n) is 5.36. The Morgan fingerprint density at radius 3 is 2.79 bits per heavy atom. The van der Waals surface area contributed by atoms with E-state index >= 15 is 0 Å².